The zero-order chi connectivity index (χ0) is 21.2. The van der Waals surface area contributed by atoms with Crippen LogP contribution in [0, 0.1) is 5.92 Å². The van der Waals surface area contributed by atoms with E-state index in [2.05, 4.69) is 16.7 Å². The lowest BCUT2D eigenvalue weighted by Crippen LogP contribution is -2.33. The van der Waals surface area contributed by atoms with Crippen LogP contribution in [-0.2, 0) is 14.3 Å². The summed E-state index contributed by atoms with van der Waals surface area (Å²) in [6, 6.07) is 0. The second-order valence-electron chi connectivity index (χ2n) is 5.40. The summed E-state index contributed by atoms with van der Waals surface area (Å²) in [6.45, 7) is 5.49. The van der Waals surface area contributed by atoms with Gasteiger partial charge < -0.3 is 10.5 Å². The molecule has 1 rings (SSSR count). The lowest BCUT2D eigenvalue weighted by atomic mass is 9.83. The summed E-state index contributed by atoms with van der Waals surface area (Å²) in [7, 11) is 0. The summed E-state index contributed by atoms with van der Waals surface area (Å²) in [6.07, 6.45) is -6.34. The molecule has 2 N–H and O–H groups in total. The van der Waals surface area contributed by atoms with Crippen molar-refractivity contribution < 1.29 is 36.3 Å². The first kappa shape index (κ1) is 24.9. The lowest BCUT2D eigenvalue weighted by Gasteiger charge is -2.26. The number of halogens is 5. The third kappa shape index (κ3) is 6.88. The molecule has 1 aliphatic heterocycles. The molecule has 0 bridgehead atoms. The molecular weight excluding hydrogens is 375 g/mol. The number of esters is 1. The molecule has 0 spiro atoms. The minimum absolute atomic E-state index is 0.190. The molecule has 0 saturated heterocycles. The topological polar surface area (TPSA) is 81.8 Å². The Kier molecular flexibility index (Phi) is 10.7. The van der Waals surface area contributed by atoms with Gasteiger partial charge in [-0.25, -0.2) is 23.4 Å². The molecule has 0 aliphatic carbocycles. The third-order valence-electron chi connectivity index (χ3n) is 3.51. The maximum absolute atomic E-state index is 13.0. The molecule has 0 aromatic heterocycles. The molecule has 1 heterocycles. The van der Waals surface area contributed by atoms with Crippen LogP contribution in [-0.4, -0.2) is 43.4 Å². The fraction of sp³-hybridized carbons (Fsp3) is 0.647. The highest BCUT2D eigenvalue weighted by atomic mass is 19.4. The molecule has 0 saturated carbocycles. The Balaban J connectivity index is 0.00000119. The van der Waals surface area contributed by atoms with E-state index in [1.165, 1.54) is 32.6 Å². The average molecular weight is 398 g/mol. The molecular formula is C17H23F5N2O3. The normalized spacial score (nSPS) is 17.2. The molecule has 27 heavy (non-hydrogen) atoms. The van der Waals surface area contributed by atoms with E-state index in [0.717, 1.165) is 6.54 Å². The van der Waals surface area contributed by atoms with E-state index < -0.39 is 47.0 Å². The van der Waals surface area contributed by atoms with Gasteiger partial charge in [0.15, 0.2) is 5.70 Å². The van der Waals surface area contributed by atoms with E-state index in [1.807, 2.05) is 0 Å². The van der Waals surface area contributed by atoms with Crippen molar-refractivity contribution >= 4 is 17.6 Å². The first-order valence-electron chi connectivity index (χ1n) is 8.41. The highest BCUT2D eigenvalue weighted by Crippen LogP contribution is 2.40. The quantitative estimate of drug-likeness (QED) is 0.421. The fourth-order valence-corrected chi connectivity index (χ4v) is 2.29. The van der Waals surface area contributed by atoms with E-state index in [1.54, 1.807) is 0 Å². The van der Waals surface area contributed by atoms with E-state index in [-0.39, 0.29) is 13.0 Å². The molecule has 154 valence electrons. The maximum Gasteiger partial charge on any atom is 0.433 e. The van der Waals surface area contributed by atoms with Crippen molar-refractivity contribution in [1.29, 1.82) is 0 Å². The van der Waals surface area contributed by atoms with E-state index in [9.17, 15) is 31.5 Å². The summed E-state index contributed by atoms with van der Waals surface area (Å²) in [5.41, 5.74) is 0.364. The van der Waals surface area contributed by atoms with Crippen LogP contribution < -0.4 is 5.73 Å². The number of hydrogen-bond acceptors (Lipinski definition) is 5. The lowest BCUT2D eigenvalue weighted by molar-refractivity contribution is -0.140. The molecule has 0 amide bonds. The van der Waals surface area contributed by atoms with Gasteiger partial charge in [-0.2, -0.15) is 13.2 Å². The number of ether oxygens (including phenoxy) is 1. The Morgan fingerprint density at radius 1 is 1.30 bits per heavy atom. The van der Waals surface area contributed by atoms with Crippen molar-refractivity contribution in [3.05, 3.63) is 16.8 Å². The van der Waals surface area contributed by atoms with Crippen LogP contribution in [0.3, 0.4) is 0 Å². The Morgan fingerprint density at radius 3 is 2.19 bits per heavy atom. The molecule has 0 aromatic carbocycles. The summed E-state index contributed by atoms with van der Waals surface area (Å²) in [5.74, 6) is -1.65. The van der Waals surface area contributed by atoms with Crippen molar-refractivity contribution in [1.82, 2.24) is 0 Å². The van der Waals surface area contributed by atoms with Crippen molar-refractivity contribution in [2.24, 2.45) is 16.6 Å². The monoisotopic (exact) mass is 398 g/mol. The summed E-state index contributed by atoms with van der Waals surface area (Å²) in [5, 5.41) is 0. The molecule has 0 aromatic rings. The Morgan fingerprint density at radius 2 is 1.89 bits per heavy atom. The van der Waals surface area contributed by atoms with Crippen molar-refractivity contribution in [2.75, 3.05) is 13.2 Å². The van der Waals surface area contributed by atoms with Gasteiger partial charge in [-0.1, -0.05) is 20.3 Å². The van der Waals surface area contributed by atoms with Gasteiger partial charge in [0.2, 0.25) is 0 Å². The van der Waals surface area contributed by atoms with Gasteiger partial charge in [-0.05, 0) is 26.3 Å². The van der Waals surface area contributed by atoms with Crippen LogP contribution >= 0.6 is 0 Å². The number of carbonyl (C=O) groups excluding carboxylic acids is 2. The van der Waals surface area contributed by atoms with Crippen molar-refractivity contribution in [2.45, 2.75) is 52.6 Å². The number of allylic oxidation sites excluding steroid dienone is 2. The Labute approximate surface area is 154 Å². The maximum atomic E-state index is 13.0. The predicted octanol–water partition coefficient (Wildman–Crippen LogP) is 3.62. The molecule has 1 atom stereocenters. The number of aliphatic imine (C=N–C) groups is 1. The first-order chi connectivity index (χ1) is 12.6. The SMILES string of the molecule is CCCCN.CCOC(=O)C1=C(C(F)(F)F)N=C(C(F)F)C(=C=O)C1CC. The van der Waals surface area contributed by atoms with Gasteiger partial charge in [0.1, 0.15) is 11.7 Å². The van der Waals surface area contributed by atoms with Crippen molar-refractivity contribution in [3.63, 3.8) is 0 Å². The van der Waals surface area contributed by atoms with E-state index >= 15 is 0 Å². The van der Waals surface area contributed by atoms with Gasteiger partial charge in [0.05, 0.1) is 17.8 Å². The third-order valence-corrected chi connectivity index (χ3v) is 3.51. The van der Waals surface area contributed by atoms with E-state index in [4.69, 9.17) is 5.73 Å². The van der Waals surface area contributed by atoms with Gasteiger partial charge in [-0.3, -0.25) is 0 Å². The molecule has 0 radical (unpaired) electrons. The molecule has 1 unspecified atom stereocenters. The zero-order valence-electron chi connectivity index (χ0n) is 15.3. The summed E-state index contributed by atoms with van der Waals surface area (Å²) < 4.78 is 69.4. The van der Waals surface area contributed by atoms with Gasteiger partial charge >= 0.3 is 12.1 Å². The van der Waals surface area contributed by atoms with Gasteiger partial charge in [0, 0.05) is 5.92 Å². The Bertz CT molecular complexity index is 619. The van der Waals surface area contributed by atoms with Crippen LogP contribution in [0.25, 0.3) is 0 Å². The smallest absolute Gasteiger partial charge is 0.433 e. The minimum atomic E-state index is -5.13. The molecule has 10 heteroatoms. The highest BCUT2D eigenvalue weighted by Gasteiger charge is 2.47. The number of rotatable bonds is 6. The largest absolute Gasteiger partial charge is 0.463 e. The number of nitrogens with zero attached hydrogens (tertiary/aromatic N) is 1. The van der Waals surface area contributed by atoms with Gasteiger partial charge in [0.25, 0.3) is 6.43 Å². The number of alkyl halides is 5. The number of unbranched alkanes of at least 4 members (excludes halogenated alkanes) is 1. The number of hydrogen-bond donors (Lipinski definition) is 1. The van der Waals surface area contributed by atoms with E-state index in [0.29, 0.717) is 0 Å². The second-order valence-corrected chi connectivity index (χ2v) is 5.40. The molecule has 0 fully saturated rings. The predicted molar refractivity (Wildman–Crippen MR) is 90.1 cm³/mol. The first-order valence-corrected chi connectivity index (χ1v) is 8.41. The van der Waals surface area contributed by atoms with Crippen LogP contribution in [0.1, 0.15) is 40.0 Å². The van der Waals surface area contributed by atoms with Crippen LogP contribution in [0.2, 0.25) is 0 Å². The second kappa shape index (κ2) is 11.6. The van der Waals surface area contributed by atoms with Crippen LogP contribution in [0.15, 0.2) is 21.8 Å². The highest BCUT2D eigenvalue weighted by molar-refractivity contribution is 6.12. The number of nitrogens with two attached hydrogens (primary N) is 1. The minimum Gasteiger partial charge on any atom is -0.463 e. The standard InChI is InChI=1S/C13H12F5NO3.C4H11N/c1-3-6-7(5-20)9(11(14)15)19-10(13(16,17)18)8(6)12(21)22-4-2;1-2-3-4-5/h6,11H,3-4H2,1-2H3;2-5H2,1H3. The zero-order valence-corrected chi connectivity index (χ0v) is 15.3. The molecule has 5 nitrogen and oxygen atoms in total. The average Bonchev–Trinajstić information content (AvgIpc) is 2.60. The van der Waals surface area contributed by atoms with Crippen molar-refractivity contribution in [3.8, 4) is 0 Å². The fourth-order valence-electron chi connectivity index (χ4n) is 2.29. The number of carbonyl (C=O) groups is 1. The van der Waals surface area contributed by atoms with Crippen LogP contribution in [0.4, 0.5) is 22.0 Å². The van der Waals surface area contributed by atoms with Gasteiger partial charge in [-0.15, -0.1) is 0 Å². The summed E-state index contributed by atoms with van der Waals surface area (Å²) >= 11 is 0. The van der Waals surface area contributed by atoms with Crippen LogP contribution in [0.5, 0.6) is 0 Å². The summed E-state index contributed by atoms with van der Waals surface area (Å²) in [4.78, 5) is 25.5. The molecule has 1 aliphatic rings. The Hall–Kier alpha value is -2.06.